The molecule has 0 amide bonds. The summed E-state index contributed by atoms with van der Waals surface area (Å²) in [7, 11) is 0. The van der Waals surface area contributed by atoms with Crippen LogP contribution in [-0.2, 0) is 0 Å². The number of H-pyrrole nitrogens is 1. The van der Waals surface area contributed by atoms with Gasteiger partial charge >= 0.3 is 0 Å². The number of pyridine rings is 2. The van der Waals surface area contributed by atoms with Gasteiger partial charge in [0.05, 0.1) is 11.3 Å². The van der Waals surface area contributed by atoms with Crippen LogP contribution in [0.2, 0.25) is 0 Å². The van der Waals surface area contributed by atoms with Gasteiger partial charge in [-0.15, -0.1) is 0 Å². The molecule has 5 nitrogen and oxygen atoms in total. The Morgan fingerprint density at radius 2 is 1.62 bits per heavy atom. The SMILES string of the molecule is CC(C)N1CCN(c2ccc(-c3ccc4[nH]c(=O)c(-c5ccccn5)cc4c3)cc2)CC1. The van der Waals surface area contributed by atoms with E-state index in [4.69, 9.17) is 0 Å². The topological polar surface area (TPSA) is 52.2 Å². The Morgan fingerprint density at radius 3 is 2.31 bits per heavy atom. The molecule has 5 rings (SSSR count). The zero-order valence-electron chi connectivity index (χ0n) is 18.6. The fraction of sp³-hybridized carbons (Fsp3) is 0.259. The highest BCUT2D eigenvalue weighted by molar-refractivity contribution is 5.87. The Bertz CT molecular complexity index is 1270. The molecule has 1 aliphatic rings. The van der Waals surface area contributed by atoms with E-state index in [1.807, 2.05) is 30.3 Å². The Morgan fingerprint density at radius 1 is 0.875 bits per heavy atom. The number of aromatic amines is 1. The highest BCUT2D eigenvalue weighted by Gasteiger charge is 2.19. The molecule has 2 aromatic heterocycles. The van der Waals surface area contributed by atoms with Crippen LogP contribution in [0.25, 0.3) is 33.3 Å². The molecule has 3 heterocycles. The molecule has 0 aliphatic carbocycles. The largest absolute Gasteiger partial charge is 0.369 e. The van der Waals surface area contributed by atoms with Gasteiger partial charge in [-0.05, 0) is 72.8 Å². The maximum Gasteiger partial charge on any atom is 0.257 e. The fourth-order valence-electron chi connectivity index (χ4n) is 4.46. The summed E-state index contributed by atoms with van der Waals surface area (Å²) in [6.07, 6.45) is 1.71. The molecule has 0 radical (unpaired) electrons. The van der Waals surface area contributed by atoms with Gasteiger partial charge < -0.3 is 9.88 Å². The zero-order chi connectivity index (χ0) is 22.1. The van der Waals surface area contributed by atoms with E-state index in [1.165, 1.54) is 11.3 Å². The van der Waals surface area contributed by atoms with Crippen LogP contribution in [0.1, 0.15) is 13.8 Å². The van der Waals surface area contributed by atoms with Crippen LogP contribution in [0.5, 0.6) is 0 Å². The Kier molecular flexibility index (Phi) is 5.50. The van der Waals surface area contributed by atoms with Crippen molar-refractivity contribution >= 4 is 16.6 Å². The molecule has 0 saturated carbocycles. The first-order valence-corrected chi connectivity index (χ1v) is 11.3. The third-order valence-corrected chi connectivity index (χ3v) is 6.40. The minimum Gasteiger partial charge on any atom is -0.369 e. The quantitative estimate of drug-likeness (QED) is 0.512. The summed E-state index contributed by atoms with van der Waals surface area (Å²) in [5, 5.41) is 0.997. The molecular weight excluding hydrogens is 396 g/mol. The van der Waals surface area contributed by atoms with Crippen molar-refractivity contribution in [3.63, 3.8) is 0 Å². The molecule has 1 fully saturated rings. The second kappa shape index (κ2) is 8.60. The number of piperazine rings is 1. The van der Waals surface area contributed by atoms with Gasteiger partial charge in [-0.25, -0.2) is 0 Å². The second-order valence-corrected chi connectivity index (χ2v) is 8.69. The van der Waals surface area contributed by atoms with Crippen molar-refractivity contribution in [3.05, 3.63) is 83.3 Å². The number of fused-ring (bicyclic) bond motifs is 1. The molecule has 1 aliphatic heterocycles. The van der Waals surface area contributed by atoms with Gasteiger partial charge in [0, 0.05) is 49.6 Å². The van der Waals surface area contributed by atoms with Crippen molar-refractivity contribution < 1.29 is 0 Å². The molecule has 5 heteroatoms. The average molecular weight is 425 g/mol. The van der Waals surface area contributed by atoms with Crippen LogP contribution in [0.3, 0.4) is 0 Å². The molecule has 32 heavy (non-hydrogen) atoms. The Hall–Kier alpha value is -3.44. The average Bonchev–Trinajstić information content (AvgIpc) is 2.84. The normalized spacial score (nSPS) is 14.9. The predicted molar refractivity (Wildman–Crippen MR) is 132 cm³/mol. The van der Waals surface area contributed by atoms with Gasteiger partial charge in [-0.2, -0.15) is 0 Å². The number of hydrogen-bond donors (Lipinski definition) is 1. The molecule has 0 atom stereocenters. The molecule has 2 aromatic carbocycles. The van der Waals surface area contributed by atoms with Gasteiger partial charge in [-0.3, -0.25) is 14.7 Å². The lowest BCUT2D eigenvalue weighted by molar-refractivity contribution is 0.209. The summed E-state index contributed by atoms with van der Waals surface area (Å²) < 4.78 is 0. The van der Waals surface area contributed by atoms with E-state index in [2.05, 4.69) is 70.0 Å². The van der Waals surface area contributed by atoms with Crippen molar-refractivity contribution in [1.29, 1.82) is 0 Å². The monoisotopic (exact) mass is 424 g/mol. The van der Waals surface area contributed by atoms with Crippen LogP contribution in [0.4, 0.5) is 5.69 Å². The third kappa shape index (κ3) is 4.04. The highest BCUT2D eigenvalue weighted by Crippen LogP contribution is 2.27. The van der Waals surface area contributed by atoms with Gasteiger partial charge in [0.2, 0.25) is 0 Å². The van der Waals surface area contributed by atoms with Crippen LogP contribution in [-0.4, -0.2) is 47.1 Å². The summed E-state index contributed by atoms with van der Waals surface area (Å²) in [6, 6.07) is 23.2. The van der Waals surface area contributed by atoms with E-state index < -0.39 is 0 Å². The first kappa shape index (κ1) is 20.5. The minimum absolute atomic E-state index is 0.120. The molecule has 0 spiro atoms. The molecule has 0 bridgehead atoms. The highest BCUT2D eigenvalue weighted by atomic mass is 16.1. The van der Waals surface area contributed by atoms with Crippen LogP contribution < -0.4 is 10.5 Å². The van der Waals surface area contributed by atoms with E-state index in [9.17, 15) is 4.79 Å². The van der Waals surface area contributed by atoms with Crippen molar-refractivity contribution in [1.82, 2.24) is 14.9 Å². The number of anilines is 1. The van der Waals surface area contributed by atoms with Crippen molar-refractivity contribution in [2.75, 3.05) is 31.1 Å². The summed E-state index contributed by atoms with van der Waals surface area (Å²) in [4.78, 5) is 24.9. The van der Waals surface area contributed by atoms with E-state index >= 15 is 0 Å². The van der Waals surface area contributed by atoms with E-state index in [0.29, 0.717) is 17.3 Å². The van der Waals surface area contributed by atoms with Gasteiger partial charge in [0.1, 0.15) is 0 Å². The summed E-state index contributed by atoms with van der Waals surface area (Å²) in [5.74, 6) is 0. The lowest BCUT2D eigenvalue weighted by Gasteiger charge is -2.38. The molecule has 0 unspecified atom stereocenters. The first-order chi connectivity index (χ1) is 15.6. The van der Waals surface area contributed by atoms with Crippen LogP contribution in [0, 0.1) is 0 Å². The number of rotatable bonds is 4. The second-order valence-electron chi connectivity index (χ2n) is 8.69. The fourth-order valence-corrected chi connectivity index (χ4v) is 4.46. The van der Waals surface area contributed by atoms with E-state index in [-0.39, 0.29) is 5.56 Å². The molecule has 4 aromatic rings. The number of hydrogen-bond acceptors (Lipinski definition) is 4. The Balaban J connectivity index is 1.41. The number of nitrogens with one attached hydrogen (secondary N) is 1. The van der Waals surface area contributed by atoms with Crippen LogP contribution in [0.15, 0.2) is 77.7 Å². The smallest absolute Gasteiger partial charge is 0.257 e. The summed E-state index contributed by atoms with van der Waals surface area (Å²) in [6.45, 7) is 8.89. The summed E-state index contributed by atoms with van der Waals surface area (Å²) in [5.41, 5.74) is 5.56. The van der Waals surface area contributed by atoms with E-state index in [0.717, 1.165) is 42.6 Å². The zero-order valence-corrected chi connectivity index (χ0v) is 18.6. The first-order valence-electron chi connectivity index (χ1n) is 11.3. The van der Waals surface area contributed by atoms with Gasteiger partial charge in [0.15, 0.2) is 0 Å². The summed E-state index contributed by atoms with van der Waals surface area (Å²) >= 11 is 0. The number of benzene rings is 2. The maximum atomic E-state index is 12.5. The minimum atomic E-state index is -0.120. The van der Waals surface area contributed by atoms with E-state index in [1.54, 1.807) is 6.20 Å². The number of aromatic nitrogens is 2. The standard InChI is InChI=1S/C27H28N4O/c1-19(2)30-13-15-31(16-14-30)23-9-6-20(7-10-23)21-8-11-25-22(17-21)18-24(27(32)29-25)26-5-3-4-12-28-26/h3-12,17-19H,13-16H2,1-2H3,(H,29,32). The lowest BCUT2D eigenvalue weighted by atomic mass is 10.0. The third-order valence-electron chi connectivity index (χ3n) is 6.40. The van der Waals surface area contributed by atoms with Gasteiger partial charge in [-0.1, -0.05) is 24.3 Å². The molecule has 162 valence electrons. The Labute approximate surface area is 188 Å². The molecule has 1 saturated heterocycles. The lowest BCUT2D eigenvalue weighted by Crippen LogP contribution is -2.48. The van der Waals surface area contributed by atoms with Crippen molar-refractivity contribution in [2.24, 2.45) is 0 Å². The maximum absolute atomic E-state index is 12.5. The molecular formula is C27H28N4O. The molecule has 1 N–H and O–H groups in total. The van der Waals surface area contributed by atoms with Gasteiger partial charge in [0.25, 0.3) is 5.56 Å². The van der Waals surface area contributed by atoms with Crippen molar-refractivity contribution in [2.45, 2.75) is 19.9 Å². The number of nitrogens with zero attached hydrogens (tertiary/aromatic N) is 3. The van der Waals surface area contributed by atoms with Crippen LogP contribution >= 0.6 is 0 Å². The van der Waals surface area contributed by atoms with Crippen molar-refractivity contribution in [3.8, 4) is 22.4 Å². The predicted octanol–water partition coefficient (Wildman–Crippen LogP) is 4.79.